The first-order chi connectivity index (χ1) is 17.8. The van der Waals surface area contributed by atoms with Crippen LogP contribution in [0.25, 0.3) is 0 Å². The van der Waals surface area contributed by atoms with Gasteiger partial charge < -0.3 is 10.6 Å². The first-order valence-corrected chi connectivity index (χ1v) is 12.5. The van der Waals surface area contributed by atoms with E-state index in [0.717, 1.165) is 29.7 Å². The number of fused-ring (bicyclic) bond motifs is 2. The molecule has 2 N–H and O–H groups in total. The number of benzene rings is 3. The van der Waals surface area contributed by atoms with Crippen molar-refractivity contribution in [3.05, 3.63) is 94.0 Å². The van der Waals surface area contributed by atoms with E-state index in [4.69, 9.17) is 0 Å². The minimum absolute atomic E-state index is 0.110. The second kappa shape index (κ2) is 10.1. The number of ketones is 2. The molecule has 7 nitrogen and oxygen atoms in total. The van der Waals surface area contributed by atoms with E-state index in [-0.39, 0.29) is 48.0 Å². The lowest BCUT2D eigenvalue weighted by molar-refractivity contribution is -0.119. The topological polar surface area (TPSA) is 95.6 Å². The van der Waals surface area contributed by atoms with Crippen molar-refractivity contribution < 1.29 is 19.2 Å². The van der Waals surface area contributed by atoms with Crippen LogP contribution in [0.2, 0.25) is 0 Å². The molecule has 0 radical (unpaired) electrons. The van der Waals surface area contributed by atoms with Gasteiger partial charge in [0.1, 0.15) is 0 Å². The maximum Gasteiger partial charge on any atom is 0.238 e. The number of hydrogen-bond acceptors (Lipinski definition) is 5. The Labute approximate surface area is 215 Å². The van der Waals surface area contributed by atoms with E-state index in [1.165, 1.54) is 0 Å². The molecule has 5 rings (SSSR count). The highest BCUT2D eigenvalue weighted by Crippen LogP contribution is 2.32. The number of aryl methyl sites for hydroxylation is 2. The average Bonchev–Trinajstić information content (AvgIpc) is 3.73. The van der Waals surface area contributed by atoms with Gasteiger partial charge in [0.25, 0.3) is 0 Å². The van der Waals surface area contributed by atoms with Crippen molar-refractivity contribution in [2.24, 2.45) is 0 Å². The summed E-state index contributed by atoms with van der Waals surface area (Å²) < 4.78 is 0. The van der Waals surface area contributed by atoms with Crippen LogP contribution in [0.4, 0.5) is 11.4 Å². The Hall–Kier alpha value is -4.10. The van der Waals surface area contributed by atoms with Crippen LogP contribution in [0, 0.1) is 13.8 Å². The summed E-state index contributed by atoms with van der Waals surface area (Å²) in [5, 5.41) is 5.83. The fraction of sp³-hybridized carbons (Fsp3) is 0.267. The Morgan fingerprint density at radius 3 is 2.22 bits per heavy atom. The Kier molecular flexibility index (Phi) is 6.72. The number of rotatable bonds is 8. The zero-order valence-corrected chi connectivity index (χ0v) is 21.0. The van der Waals surface area contributed by atoms with Crippen LogP contribution in [0.1, 0.15) is 62.2 Å². The Balaban J connectivity index is 1.24. The highest BCUT2D eigenvalue weighted by Gasteiger charge is 2.33. The molecule has 7 heteroatoms. The molecule has 37 heavy (non-hydrogen) atoms. The lowest BCUT2D eigenvalue weighted by Gasteiger charge is -2.22. The van der Waals surface area contributed by atoms with Crippen LogP contribution in [0.15, 0.2) is 60.7 Å². The van der Waals surface area contributed by atoms with Crippen molar-refractivity contribution in [3.63, 3.8) is 0 Å². The summed E-state index contributed by atoms with van der Waals surface area (Å²) >= 11 is 0. The molecular weight excluding hydrogens is 466 g/mol. The first-order valence-electron chi connectivity index (χ1n) is 12.5. The molecule has 0 spiro atoms. The Bertz CT molecular complexity index is 1420. The molecule has 188 valence electrons. The predicted molar refractivity (Wildman–Crippen MR) is 142 cm³/mol. The van der Waals surface area contributed by atoms with E-state index in [1.54, 1.807) is 42.5 Å². The van der Waals surface area contributed by atoms with E-state index < -0.39 is 0 Å². The monoisotopic (exact) mass is 495 g/mol. The largest absolute Gasteiger partial charge is 0.325 e. The van der Waals surface area contributed by atoms with Gasteiger partial charge in [-0.1, -0.05) is 48.5 Å². The summed E-state index contributed by atoms with van der Waals surface area (Å²) in [5.41, 5.74) is 4.45. The minimum Gasteiger partial charge on any atom is -0.325 e. The zero-order chi connectivity index (χ0) is 26.1. The van der Waals surface area contributed by atoms with Gasteiger partial charge >= 0.3 is 0 Å². The van der Waals surface area contributed by atoms with Crippen molar-refractivity contribution in [3.8, 4) is 0 Å². The van der Waals surface area contributed by atoms with E-state index in [2.05, 4.69) is 10.6 Å². The number of amides is 2. The fourth-order valence-electron chi connectivity index (χ4n) is 4.78. The second-order valence-electron chi connectivity index (χ2n) is 9.80. The third-order valence-corrected chi connectivity index (χ3v) is 6.93. The number of nitrogens with zero attached hydrogens (tertiary/aromatic N) is 1. The van der Waals surface area contributed by atoms with Crippen molar-refractivity contribution >= 4 is 34.8 Å². The summed E-state index contributed by atoms with van der Waals surface area (Å²) in [6.07, 6.45) is 2.16. The third-order valence-electron chi connectivity index (χ3n) is 6.93. The number of carbonyl (C=O) groups is 4. The summed E-state index contributed by atoms with van der Waals surface area (Å²) in [4.78, 5) is 53.8. The van der Waals surface area contributed by atoms with Gasteiger partial charge in [-0.25, -0.2) is 0 Å². The van der Waals surface area contributed by atoms with E-state index >= 15 is 0 Å². The van der Waals surface area contributed by atoms with Crippen LogP contribution in [-0.4, -0.2) is 47.4 Å². The molecule has 2 aliphatic carbocycles. The Morgan fingerprint density at radius 1 is 0.811 bits per heavy atom. The molecule has 0 heterocycles. The van der Waals surface area contributed by atoms with E-state index in [1.807, 2.05) is 36.9 Å². The lowest BCUT2D eigenvalue weighted by Crippen LogP contribution is -2.37. The summed E-state index contributed by atoms with van der Waals surface area (Å²) in [6, 6.07) is 17.9. The molecule has 1 fully saturated rings. The number of carbonyl (C=O) groups excluding carboxylic acids is 4. The van der Waals surface area contributed by atoms with Gasteiger partial charge in [-0.05, 0) is 49.9 Å². The average molecular weight is 496 g/mol. The van der Waals surface area contributed by atoms with Gasteiger partial charge in [0.05, 0.1) is 17.8 Å². The molecule has 0 aromatic heterocycles. The minimum atomic E-state index is -0.274. The first kappa shape index (κ1) is 24.6. The second-order valence-corrected chi connectivity index (χ2v) is 9.80. The van der Waals surface area contributed by atoms with E-state index in [9.17, 15) is 19.2 Å². The van der Waals surface area contributed by atoms with Gasteiger partial charge in [-0.15, -0.1) is 0 Å². The molecule has 0 unspecified atom stereocenters. The Morgan fingerprint density at radius 2 is 1.49 bits per heavy atom. The number of anilines is 2. The molecule has 0 bridgehead atoms. The lowest BCUT2D eigenvalue weighted by atomic mass is 9.83. The molecule has 3 aromatic rings. The molecule has 1 saturated carbocycles. The van der Waals surface area contributed by atoms with E-state index in [0.29, 0.717) is 28.9 Å². The molecule has 0 saturated heterocycles. The number of hydrogen-bond donors (Lipinski definition) is 2. The summed E-state index contributed by atoms with van der Waals surface area (Å²) in [7, 11) is 0. The van der Waals surface area contributed by atoms with Crippen molar-refractivity contribution in [2.45, 2.75) is 39.2 Å². The summed E-state index contributed by atoms with van der Waals surface area (Å²) in [5.74, 6) is -0.881. The standard InChI is InChI=1S/C30H29N3O4/c1-18-10-11-19(2)25(16-18)32-27(35)17-33(20-12-13-20)15-14-26(34)31-24-9-5-8-23-28(24)30(37)22-7-4-3-6-21(22)29(23)36/h3-11,16,20H,12-15,17H2,1-2H3,(H,31,34)(H,32,35). The molecule has 2 aliphatic rings. The van der Waals surface area contributed by atoms with Crippen molar-refractivity contribution in [2.75, 3.05) is 23.7 Å². The van der Waals surface area contributed by atoms with Crippen molar-refractivity contribution in [1.82, 2.24) is 4.90 Å². The highest BCUT2D eigenvalue weighted by molar-refractivity contribution is 6.30. The van der Waals surface area contributed by atoms with Crippen LogP contribution in [-0.2, 0) is 9.59 Å². The smallest absolute Gasteiger partial charge is 0.238 e. The van der Waals surface area contributed by atoms with Gasteiger partial charge in [-0.3, -0.25) is 24.1 Å². The van der Waals surface area contributed by atoms with Crippen molar-refractivity contribution in [1.29, 1.82) is 0 Å². The van der Waals surface area contributed by atoms with Gasteiger partial charge in [0.2, 0.25) is 11.8 Å². The quantitative estimate of drug-likeness (QED) is 0.375. The number of nitrogens with one attached hydrogen (secondary N) is 2. The molecule has 3 aromatic carbocycles. The molecule has 2 amide bonds. The van der Waals surface area contributed by atoms with Crippen LogP contribution < -0.4 is 10.6 Å². The molecule has 0 atom stereocenters. The molecule has 0 aliphatic heterocycles. The third kappa shape index (κ3) is 5.22. The van der Waals surface area contributed by atoms with Gasteiger partial charge in [-0.2, -0.15) is 0 Å². The predicted octanol–water partition coefficient (Wildman–Crippen LogP) is 4.51. The maximum atomic E-state index is 13.2. The highest BCUT2D eigenvalue weighted by atomic mass is 16.2. The van der Waals surface area contributed by atoms with Crippen LogP contribution in [0.5, 0.6) is 0 Å². The summed E-state index contributed by atoms with van der Waals surface area (Å²) in [6.45, 7) is 4.56. The normalized spacial score (nSPS) is 14.2. The van der Waals surface area contributed by atoms with Gasteiger partial charge in [0, 0.05) is 41.4 Å². The fourth-order valence-corrected chi connectivity index (χ4v) is 4.78. The molecular formula is C30H29N3O4. The maximum absolute atomic E-state index is 13.2. The van der Waals surface area contributed by atoms with Crippen LogP contribution >= 0.6 is 0 Å². The van der Waals surface area contributed by atoms with Gasteiger partial charge in [0.15, 0.2) is 11.6 Å². The zero-order valence-electron chi connectivity index (χ0n) is 21.0. The van der Waals surface area contributed by atoms with Crippen LogP contribution in [0.3, 0.4) is 0 Å². The SMILES string of the molecule is Cc1ccc(C)c(NC(=O)CN(CCC(=O)Nc2cccc3c2C(=O)c2ccccc2C3=O)C2CC2)c1.